The van der Waals surface area contributed by atoms with Gasteiger partial charge in [-0.15, -0.1) is 0 Å². The van der Waals surface area contributed by atoms with Crippen LogP contribution in [0.15, 0.2) is 22.7 Å². The van der Waals surface area contributed by atoms with Gasteiger partial charge in [0.25, 0.3) is 5.89 Å². The Bertz CT molecular complexity index is 604. The van der Waals surface area contributed by atoms with E-state index in [-0.39, 0.29) is 0 Å². The summed E-state index contributed by atoms with van der Waals surface area (Å²) >= 11 is 0. The number of hydrogen-bond acceptors (Lipinski definition) is 5. The van der Waals surface area contributed by atoms with E-state index in [1.54, 1.807) is 0 Å². The van der Waals surface area contributed by atoms with E-state index in [0.29, 0.717) is 5.89 Å². The van der Waals surface area contributed by atoms with Crippen LogP contribution in [0.2, 0.25) is 0 Å². The van der Waals surface area contributed by atoms with Gasteiger partial charge in [-0.05, 0) is 37.2 Å². The van der Waals surface area contributed by atoms with E-state index < -0.39 is 0 Å². The monoisotopic (exact) mass is 286 g/mol. The van der Waals surface area contributed by atoms with Crippen LogP contribution in [0.3, 0.4) is 0 Å². The quantitative estimate of drug-likeness (QED) is 0.884. The van der Waals surface area contributed by atoms with Gasteiger partial charge < -0.3 is 14.7 Å². The number of hydrogen-bond donors (Lipinski definition) is 1. The molecule has 0 unspecified atom stereocenters. The summed E-state index contributed by atoms with van der Waals surface area (Å²) in [4.78, 5) is 6.87. The van der Waals surface area contributed by atoms with Gasteiger partial charge >= 0.3 is 0 Å². The molecule has 2 heterocycles. The molecule has 1 N–H and O–H groups in total. The molecule has 0 fully saturated rings. The van der Waals surface area contributed by atoms with E-state index in [1.807, 2.05) is 0 Å². The van der Waals surface area contributed by atoms with Crippen molar-refractivity contribution in [1.29, 1.82) is 0 Å². The van der Waals surface area contributed by atoms with Crippen LogP contribution in [0.4, 0.5) is 5.69 Å². The van der Waals surface area contributed by atoms with Crippen LogP contribution in [0.25, 0.3) is 11.5 Å². The van der Waals surface area contributed by atoms with Crippen molar-refractivity contribution in [2.75, 3.05) is 31.5 Å². The Kier molecular flexibility index (Phi) is 4.20. The molecule has 0 radical (unpaired) electrons. The number of benzene rings is 1. The molecular weight excluding hydrogens is 264 g/mol. The minimum atomic E-state index is 0.612. The number of nitrogens with zero attached hydrogens (tertiary/aromatic N) is 3. The predicted octanol–water partition coefficient (Wildman–Crippen LogP) is 2.59. The summed E-state index contributed by atoms with van der Waals surface area (Å²) in [7, 11) is 0. The third-order valence-corrected chi connectivity index (χ3v) is 4.08. The summed E-state index contributed by atoms with van der Waals surface area (Å²) in [6.07, 6.45) is 1.92. The van der Waals surface area contributed by atoms with Gasteiger partial charge in [-0.3, -0.25) is 0 Å². The molecule has 21 heavy (non-hydrogen) atoms. The lowest BCUT2D eigenvalue weighted by atomic mass is 10.1. The highest BCUT2D eigenvalue weighted by atomic mass is 16.5. The number of fused-ring (bicyclic) bond motifs is 1. The van der Waals surface area contributed by atoms with Crippen LogP contribution in [-0.2, 0) is 12.8 Å². The zero-order chi connectivity index (χ0) is 14.7. The first-order chi connectivity index (χ1) is 10.3. The second-order valence-corrected chi connectivity index (χ2v) is 5.34. The van der Waals surface area contributed by atoms with E-state index in [1.165, 1.54) is 11.3 Å². The summed E-state index contributed by atoms with van der Waals surface area (Å²) in [5.41, 5.74) is 3.54. The average molecular weight is 286 g/mol. The topological polar surface area (TPSA) is 54.2 Å². The third-order valence-electron chi connectivity index (χ3n) is 4.08. The molecule has 1 aliphatic rings. The van der Waals surface area contributed by atoms with Gasteiger partial charge in [-0.25, -0.2) is 0 Å². The first-order valence-electron chi connectivity index (χ1n) is 7.72. The molecule has 5 heteroatoms. The fraction of sp³-hybridized carbons (Fsp3) is 0.500. The van der Waals surface area contributed by atoms with E-state index in [0.717, 1.165) is 50.4 Å². The normalized spacial score (nSPS) is 13.5. The highest BCUT2D eigenvalue weighted by molar-refractivity contribution is 5.66. The summed E-state index contributed by atoms with van der Waals surface area (Å²) < 4.78 is 5.40. The van der Waals surface area contributed by atoms with Gasteiger partial charge in [-0.2, -0.15) is 4.98 Å². The molecule has 1 aromatic carbocycles. The largest absolute Gasteiger partial charge is 0.384 e. The summed E-state index contributed by atoms with van der Waals surface area (Å²) in [5, 5.41) is 7.47. The zero-order valence-electron chi connectivity index (χ0n) is 12.7. The fourth-order valence-corrected chi connectivity index (χ4v) is 2.69. The number of rotatable bonds is 6. The molecule has 112 valence electrons. The Morgan fingerprint density at radius 3 is 2.95 bits per heavy atom. The van der Waals surface area contributed by atoms with Crippen LogP contribution in [0.5, 0.6) is 0 Å². The second kappa shape index (κ2) is 6.26. The van der Waals surface area contributed by atoms with Crippen molar-refractivity contribution >= 4 is 5.69 Å². The lowest BCUT2D eigenvalue weighted by molar-refractivity contribution is 0.303. The van der Waals surface area contributed by atoms with E-state index >= 15 is 0 Å². The third kappa shape index (κ3) is 3.08. The molecule has 0 saturated carbocycles. The van der Waals surface area contributed by atoms with Crippen molar-refractivity contribution in [3.8, 4) is 11.5 Å². The summed E-state index contributed by atoms with van der Waals surface area (Å²) in [6.45, 7) is 8.43. The first kappa shape index (κ1) is 14.1. The van der Waals surface area contributed by atoms with Crippen molar-refractivity contribution in [3.63, 3.8) is 0 Å². The van der Waals surface area contributed by atoms with Crippen molar-refractivity contribution in [2.45, 2.75) is 26.7 Å². The standard InChI is InChI=1S/C16H22N4O/c1-3-20(4-2)10-8-15-18-16(21-19-15)13-6-5-12-7-9-17-14(12)11-13/h5-6,11,17H,3-4,7-10H2,1-2H3. The average Bonchev–Trinajstić information content (AvgIpc) is 3.16. The molecule has 5 nitrogen and oxygen atoms in total. The summed E-state index contributed by atoms with van der Waals surface area (Å²) in [5.74, 6) is 1.39. The van der Waals surface area contributed by atoms with Crippen molar-refractivity contribution in [3.05, 3.63) is 29.6 Å². The fourth-order valence-electron chi connectivity index (χ4n) is 2.69. The Morgan fingerprint density at radius 2 is 2.14 bits per heavy atom. The smallest absolute Gasteiger partial charge is 0.257 e. The molecule has 0 saturated heterocycles. The molecule has 1 aliphatic heterocycles. The molecule has 3 rings (SSSR count). The van der Waals surface area contributed by atoms with E-state index in [9.17, 15) is 0 Å². The molecule has 0 spiro atoms. The lowest BCUT2D eigenvalue weighted by Crippen LogP contribution is -2.25. The van der Waals surface area contributed by atoms with Crippen LogP contribution in [0.1, 0.15) is 25.2 Å². The Morgan fingerprint density at radius 1 is 1.29 bits per heavy atom. The molecule has 1 aromatic heterocycles. The predicted molar refractivity (Wildman–Crippen MR) is 83.4 cm³/mol. The summed E-state index contributed by atoms with van der Waals surface area (Å²) in [6, 6.07) is 6.31. The first-order valence-corrected chi connectivity index (χ1v) is 7.72. The minimum Gasteiger partial charge on any atom is -0.384 e. The Labute approximate surface area is 125 Å². The number of nitrogens with one attached hydrogen (secondary N) is 1. The lowest BCUT2D eigenvalue weighted by Gasteiger charge is -2.16. The Balaban J connectivity index is 1.70. The van der Waals surface area contributed by atoms with Gasteiger partial charge in [-0.1, -0.05) is 25.1 Å². The molecule has 0 aliphatic carbocycles. The second-order valence-electron chi connectivity index (χ2n) is 5.34. The maximum absolute atomic E-state index is 5.40. The van der Waals surface area contributed by atoms with Gasteiger partial charge in [0, 0.05) is 30.8 Å². The van der Waals surface area contributed by atoms with Crippen LogP contribution in [0, 0.1) is 0 Å². The van der Waals surface area contributed by atoms with Crippen molar-refractivity contribution in [2.24, 2.45) is 0 Å². The Hall–Kier alpha value is -1.88. The number of aromatic nitrogens is 2. The number of likely N-dealkylation sites (N-methyl/N-ethyl adjacent to an activating group) is 1. The van der Waals surface area contributed by atoms with Crippen molar-refractivity contribution < 1.29 is 4.52 Å². The highest BCUT2D eigenvalue weighted by Gasteiger charge is 2.14. The molecule has 0 bridgehead atoms. The SMILES string of the molecule is CCN(CC)CCc1noc(-c2ccc3c(c2)NCC3)n1. The molecule has 2 aromatic rings. The van der Waals surface area contributed by atoms with Gasteiger partial charge in [0.1, 0.15) is 0 Å². The van der Waals surface area contributed by atoms with Gasteiger partial charge in [0.05, 0.1) is 0 Å². The van der Waals surface area contributed by atoms with E-state index in [2.05, 4.69) is 52.4 Å². The molecule has 0 amide bonds. The minimum absolute atomic E-state index is 0.612. The number of anilines is 1. The van der Waals surface area contributed by atoms with Crippen molar-refractivity contribution in [1.82, 2.24) is 15.0 Å². The molecule has 0 atom stereocenters. The van der Waals surface area contributed by atoms with Gasteiger partial charge in [0.2, 0.25) is 0 Å². The highest BCUT2D eigenvalue weighted by Crippen LogP contribution is 2.28. The van der Waals surface area contributed by atoms with E-state index in [4.69, 9.17) is 4.52 Å². The van der Waals surface area contributed by atoms with Gasteiger partial charge in [0.15, 0.2) is 5.82 Å². The zero-order valence-corrected chi connectivity index (χ0v) is 12.7. The van der Waals surface area contributed by atoms with Crippen LogP contribution >= 0.6 is 0 Å². The molecular formula is C16H22N4O. The maximum Gasteiger partial charge on any atom is 0.257 e. The maximum atomic E-state index is 5.40. The van der Waals surface area contributed by atoms with Crippen LogP contribution < -0.4 is 5.32 Å². The van der Waals surface area contributed by atoms with Crippen LogP contribution in [-0.4, -0.2) is 41.2 Å².